The predicted molar refractivity (Wildman–Crippen MR) is 71.9 cm³/mol. The molecule has 0 radical (unpaired) electrons. The van der Waals surface area contributed by atoms with Gasteiger partial charge in [0.25, 0.3) is 0 Å². The highest BCUT2D eigenvalue weighted by molar-refractivity contribution is 5.67. The first kappa shape index (κ1) is 10.8. The number of nitrogens with zero attached hydrogens (tertiary/aromatic N) is 2. The maximum atomic E-state index is 5.33. The third-order valence-corrected chi connectivity index (χ3v) is 3.06. The van der Waals surface area contributed by atoms with Crippen LogP contribution in [0.25, 0.3) is 16.9 Å². The van der Waals surface area contributed by atoms with Crippen molar-refractivity contribution < 1.29 is 4.74 Å². The molecule has 0 saturated carbocycles. The molecule has 3 heteroatoms. The Morgan fingerprint density at radius 2 is 1.89 bits per heavy atom. The van der Waals surface area contributed by atoms with Crippen molar-refractivity contribution in [3.8, 4) is 17.1 Å². The molecule has 1 aromatic carbocycles. The molecule has 0 fully saturated rings. The van der Waals surface area contributed by atoms with Gasteiger partial charge in [0, 0.05) is 11.8 Å². The lowest BCUT2D eigenvalue weighted by molar-refractivity contribution is 0.418. The van der Waals surface area contributed by atoms with Gasteiger partial charge in [-0.15, -0.1) is 0 Å². The van der Waals surface area contributed by atoms with E-state index in [0.29, 0.717) is 0 Å². The van der Waals surface area contributed by atoms with Crippen LogP contribution in [0.2, 0.25) is 0 Å². The van der Waals surface area contributed by atoms with Gasteiger partial charge in [-0.25, -0.2) is 4.98 Å². The molecule has 3 rings (SSSR count). The molecule has 0 amide bonds. The van der Waals surface area contributed by atoms with Gasteiger partial charge in [-0.05, 0) is 19.1 Å². The Bertz CT molecular complexity index is 683. The quantitative estimate of drug-likeness (QED) is 0.684. The highest BCUT2D eigenvalue weighted by atomic mass is 16.5. The molecule has 0 aliphatic heterocycles. The van der Waals surface area contributed by atoms with Crippen molar-refractivity contribution in [1.29, 1.82) is 0 Å². The van der Waals surface area contributed by atoms with E-state index in [4.69, 9.17) is 4.74 Å². The molecule has 0 aliphatic rings. The molecule has 0 saturated heterocycles. The monoisotopic (exact) mass is 238 g/mol. The summed E-state index contributed by atoms with van der Waals surface area (Å²) in [4.78, 5) is 4.49. The van der Waals surface area contributed by atoms with E-state index in [1.807, 2.05) is 28.9 Å². The molecule has 2 heterocycles. The third-order valence-electron chi connectivity index (χ3n) is 3.06. The summed E-state index contributed by atoms with van der Waals surface area (Å²) in [5.74, 6) is 1.77. The first-order valence-corrected chi connectivity index (χ1v) is 5.86. The zero-order valence-corrected chi connectivity index (χ0v) is 10.4. The Balaban J connectivity index is 2.21. The topological polar surface area (TPSA) is 26.5 Å². The van der Waals surface area contributed by atoms with E-state index in [2.05, 4.69) is 36.2 Å². The van der Waals surface area contributed by atoms with Crippen LogP contribution in [0.1, 0.15) is 5.56 Å². The number of hydrogen-bond acceptors (Lipinski definition) is 2. The second-order valence-electron chi connectivity index (χ2n) is 4.28. The lowest BCUT2D eigenvalue weighted by Crippen LogP contribution is -1.91. The van der Waals surface area contributed by atoms with Crippen LogP contribution in [0.4, 0.5) is 0 Å². The van der Waals surface area contributed by atoms with Crippen molar-refractivity contribution in [2.75, 3.05) is 7.11 Å². The van der Waals surface area contributed by atoms with E-state index in [9.17, 15) is 0 Å². The molecule has 90 valence electrons. The van der Waals surface area contributed by atoms with Gasteiger partial charge in [-0.3, -0.25) is 4.40 Å². The lowest BCUT2D eigenvalue weighted by Gasteiger charge is -2.05. The molecule has 0 unspecified atom stereocenters. The van der Waals surface area contributed by atoms with Gasteiger partial charge in [-0.2, -0.15) is 0 Å². The summed E-state index contributed by atoms with van der Waals surface area (Å²) in [5.41, 5.74) is 3.33. The van der Waals surface area contributed by atoms with Gasteiger partial charge >= 0.3 is 0 Å². The van der Waals surface area contributed by atoms with E-state index in [0.717, 1.165) is 22.7 Å². The van der Waals surface area contributed by atoms with Gasteiger partial charge in [0.05, 0.1) is 13.3 Å². The van der Waals surface area contributed by atoms with Crippen molar-refractivity contribution in [2.24, 2.45) is 0 Å². The van der Waals surface area contributed by atoms with Crippen molar-refractivity contribution in [3.63, 3.8) is 0 Å². The van der Waals surface area contributed by atoms with Gasteiger partial charge in [0.1, 0.15) is 17.1 Å². The zero-order chi connectivity index (χ0) is 12.5. The molecular weight excluding hydrogens is 224 g/mol. The largest absolute Gasteiger partial charge is 0.494 e. The van der Waals surface area contributed by atoms with Crippen molar-refractivity contribution >= 4 is 5.52 Å². The van der Waals surface area contributed by atoms with Crippen molar-refractivity contribution in [1.82, 2.24) is 9.38 Å². The zero-order valence-electron chi connectivity index (χ0n) is 10.4. The van der Waals surface area contributed by atoms with E-state index in [1.165, 1.54) is 5.56 Å². The number of imidazole rings is 1. The summed E-state index contributed by atoms with van der Waals surface area (Å²) < 4.78 is 7.38. The number of ether oxygens (including phenoxy) is 1. The molecule has 0 bridgehead atoms. The van der Waals surface area contributed by atoms with Crippen LogP contribution in [0.15, 0.2) is 48.8 Å². The Kier molecular flexibility index (Phi) is 2.52. The van der Waals surface area contributed by atoms with Crippen LogP contribution in [0.5, 0.6) is 5.75 Å². The summed E-state index contributed by atoms with van der Waals surface area (Å²) in [6.07, 6.45) is 3.84. The number of methoxy groups -OCH3 is 1. The smallest absolute Gasteiger partial charge is 0.144 e. The van der Waals surface area contributed by atoms with Crippen LogP contribution < -0.4 is 4.74 Å². The first-order valence-electron chi connectivity index (χ1n) is 5.86. The van der Waals surface area contributed by atoms with Gasteiger partial charge in [-0.1, -0.05) is 29.8 Å². The van der Waals surface area contributed by atoms with E-state index in [-0.39, 0.29) is 0 Å². The van der Waals surface area contributed by atoms with Crippen molar-refractivity contribution in [3.05, 3.63) is 54.4 Å². The predicted octanol–water partition coefficient (Wildman–Crippen LogP) is 3.32. The molecule has 0 N–H and O–H groups in total. The number of aryl methyl sites for hydroxylation is 1. The van der Waals surface area contributed by atoms with Gasteiger partial charge in [0.2, 0.25) is 0 Å². The minimum absolute atomic E-state index is 0.836. The Hall–Kier alpha value is -2.29. The van der Waals surface area contributed by atoms with Gasteiger partial charge in [0.15, 0.2) is 0 Å². The molecule has 3 aromatic rings. The number of aromatic nitrogens is 2. The first-order chi connectivity index (χ1) is 8.79. The Morgan fingerprint density at radius 3 is 2.61 bits per heavy atom. The summed E-state index contributed by atoms with van der Waals surface area (Å²) in [5, 5.41) is 0. The van der Waals surface area contributed by atoms with E-state index in [1.54, 1.807) is 7.11 Å². The lowest BCUT2D eigenvalue weighted by atomic mass is 10.1. The van der Waals surface area contributed by atoms with Crippen LogP contribution in [0, 0.1) is 6.92 Å². The maximum Gasteiger partial charge on any atom is 0.144 e. The average Bonchev–Trinajstić information content (AvgIpc) is 2.83. The summed E-state index contributed by atoms with van der Waals surface area (Å²) in [7, 11) is 1.67. The minimum Gasteiger partial charge on any atom is -0.494 e. The highest BCUT2D eigenvalue weighted by Crippen LogP contribution is 2.25. The van der Waals surface area contributed by atoms with Crippen LogP contribution in [-0.4, -0.2) is 16.5 Å². The summed E-state index contributed by atoms with van der Waals surface area (Å²) >= 11 is 0. The average molecular weight is 238 g/mol. The highest BCUT2D eigenvalue weighted by Gasteiger charge is 2.08. The summed E-state index contributed by atoms with van der Waals surface area (Å²) in [6, 6.07) is 12.3. The molecule has 18 heavy (non-hydrogen) atoms. The van der Waals surface area contributed by atoms with E-state index < -0.39 is 0 Å². The summed E-state index contributed by atoms with van der Waals surface area (Å²) in [6.45, 7) is 2.08. The Labute approximate surface area is 106 Å². The SMILES string of the molecule is COc1cccn2c(-c3ccc(C)cc3)ncc12. The minimum atomic E-state index is 0.836. The molecule has 0 aliphatic carbocycles. The molecule has 3 nitrogen and oxygen atoms in total. The molecule has 0 spiro atoms. The fourth-order valence-corrected chi connectivity index (χ4v) is 2.08. The van der Waals surface area contributed by atoms with Crippen LogP contribution in [-0.2, 0) is 0 Å². The van der Waals surface area contributed by atoms with Gasteiger partial charge < -0.3 is 4.74 Å². The number of rotatable bonds is 2. The standard InChI is InChI=1S/C15H14N2O/c1-11-5-7-12(8-6-11)15-16-10-13-14(18-2)4-3-9-17(13)15/h3-10H,1-2H3. The van der Waals surface area contributed by atoms with Crippen LogP contribution in [0.3, 0.4) is 0 Å². The molecule has 0 atom stereocenters. The third kappa shape index (κ3) is 1.64. The number of pyridine rings is 1. The molecular formula is C15H14N2O. The number of fused-ring (bicyclic) bond motifs is 1. The molecule has 2 aromatic heterocycles. The van der Waals surface area contributed by atoms with E-state index >= 15 is 0 Å². The second kappa shape index (κ2) is 4.18. The normalized spacial score (nSPS) is 10.8. The fraction of sp³-hybridized carbons (Fsp3) is 0.133. The van der Waals surface area contributed by atoms with Crippen molar-refractivity contribution in [2.45, 2.75) is 6.92 Å². The van der Waals surface area contributed by atoms with Crippen LogP contribution >= 0.6 is 0 Å². The number of hydrogen-bond donors (Lipinski definition) is 0. The second-order valence-corrected chi connectivity index (χ2v) is 4.28. The fourth-order valence-electron chi connectivity index (χ4n) is 2.08. The number of benzene rings is 1. The maximum absolute atomic E-state index is 5.33. The Morgan fingerprint density at radius 1 is 1.11 bits per heavy atom.